The van der Waals surface area contributed by atoms with Gasteiger partial charge in [-0.15, -0.1) is 0 Å². The quantitative estimate of drug-likeness (QED) is 0.602. The Morgan fingerprint density at radius 2 is 2.00 bits per heavy atom. The highest BCUT2D eigenvalue weighted by atomic mass is 79.9. The van der Waals surface area contributed by atoms with Gasteiger partial charge >= 0.3 is 0 Å². The Hall–Kier alpha value is -0.0700. The van der Waals surface area contributed by atoms with Crippen LogP contribution < -0.4 is 5.32 Å². The fourth-order valence-corrected chi connectivity index (χ4v) is 3.62. The molecule has 1 rings (SSSR count). The van der Waals surface area contributed by atoms with Gasteiger partial charge in [-0.05, 0) is 49.9 Å². The van der Waals surface area contributed by atoms with E-state index in [-0.39, 0.29) is 5.75 Å². The second-order valence-electron chi connectivity index (χ2n) is 2.80. The summed E-state index contributed by atoms with van der Waals surface area (Å²) in [6.45, 7) is 0.530. The molecule has 1 amide bonds. The Labute approximate surface area is 113 Å². The van der Waals surface area contributed by atoms with Crippen LogP contribution in [0.15, 0.2) is 19.5 Å². The lowest BCUT2D eigenvalue weighted by Gasteiger charge is -2.10. The van der Waals surface area contributed by atoms with Gasteiger partial charge in [0.2, 0.25) is 6.41 Å². The van der Waals surface area contributed by atoms with Gasteiger partial charge in [0, 0.05) is 11.0 Å². The molecule has 6 heteroatoms. The van der Waals surface area contributed by atoms with Crippen molar-refractivity contribution in [2.75, 3.05) is 6.54 Å². The zero-order chi connectivity index (χ0) is 11.4. The fourth-order valence-electron chi connectivity index (χ4n) is 1.10. The van der Waals surface area contributed by atoms with Crippen LogP contribution in [0.5, 0.6) is 5.75 Å². The monoisotopic (exact) mass is 399 g/mol. The third-order valence-corrected chi connectivity index (χ3v) is 4.01. The van der Waals surface area contributed by atoms with Crippen molar-refractivity contribution >= 4 is 54.2 Å². The van der Waals surface area contributed by atoms with E-state index in [9.17, 15) is 9.90 Å². The van der Waals surface area contributed by atoms with E-state index in [4.69, 9.17) is 0 Å². The number of amides is 1. The van der Waals surface area contributed by atoms with Crippen molar-refractivity contribution in [2.45, 2.75) is 6.42 Å². The Bertz CT molecular complexity index is 382. The lowest BCUT2D eigenvalue weighted by atomic mass is 10.1. The second-order valence-corrected chi connectivity index (χ2v) is 5.31. The van der Waals surface area contributed by atoms with Gasteiger partial charge in [0.15, 0.2) is 0 Å². The van der Waals surface area contributed by atoms with E-state index in [1.807, 2.05) is 0 Å². The van der Waals surface area contributed by atoms with E-state index in [2.05, 4.69) is 53.1 Å². The molecule has 0 saturated heterocycles. The highest BCUT2D eigenvalue weighted by Gasteiger charge is 2.12. The fraction of sp³-hybridized carbons (Fsp3) is 0.222. The van der Waals surface area contributed by atoms with Crippen LogP contribution in [0, 0.1) is 0 Å². The lowest BCUT2D eigenvalue weighted by Crippen LogP contribution is -2.14. The van der Waals surface area contributed by atoms with Gasteiger partial charge in [-0.1, -0.05) is 15.9 Å². The molecule has 0 unspecified atom stereocenters. The largest absolute Gasteiger partial charge is 0.506 e. The molecule has 0 aliphatic carbocycles. The maximum Gasteiger partial charge on any atom is 0.207 e. The number of aromatic hydroxyl groups is 1. The minimum absolute atomic E-state index is 0.166. The first kappa shape index (κ1) is 13.0. The zero-order valence-corrected chi connectivity index (χ0v) is 12.3. The van der Waals surface area contributed by atoms with Crippen LogP contribution in [0.1, 0.15) is 5.56 Å². The number of hydrogen-bond donors (Lipinski definition) is 2. The van der Waals surface area contributed by atoms with Crippen molar-refractivity contribution < 1.29 is 9.90 Å². The van der Waals surface area contributed by atoms with E-state index in [0.717, 1.165) is 10.0 Å². The van der Waals surface area contributed by atoms with Crippen LogP contribution in [0.2, 0.25) is 0 Å². The molecule has 1 aromatic rings. The molecule has 0 spiro atoms. The number of carbonyl (C=O) groups is 1. The molecule has 2 N–H and O–H groups in total. The third kappa shape index (κ3) is 3.19. The molecule has 3 nitrogen and oxygen atoms in total. The summed E-state index contributed by atoms with van der Waals surface area (Å²) < 4.78 is 2.14. The van der Waals surface area contributed by atoms with Gasteiger partial charge < -0.3 is 10.4 Å². The summed E-state index contributed by atoms with van der Waals surface area (Å²) in [5, 5.41) is 12.2. The predicted molar refractivity (Wildman–Crippen MR) is 69.0 cm³/mol. The molecule has 0 aliphatic rings. The molecular formula is C9H8Br3NO2. The van der Waals surface area contributed by atoms with E-state index in [1.165, 1.54) is 0 Å². The van der Waals surface area contributed by atoms with Crippen molar-refractivity contribution in [1.29, 1.82) is 0 Å². The summed E-state index contributed by atoms with van der Waals surface area (Å²) in [6.07, 6.45) is 1.29. The third-order valence-electron chi connectivity index (χ3n) is 1.84. The molecule has 0 fully saturated rings. The van der Waals surface area contributed by atoms with Gasteiger partial charge in [-0.25, -0.2) is 0 Å². The van der Waals surface area contributed by atoms with E-state index >= 15 is 0 Å². The Kier molecular flexibility index (Phi) is 5.08. The van der Waals surface area contributed by atoms with Gasteiger partial charge in [-0.2, -0.15) is 0 Å². The van der Waals surface area contributed by atoms with Crippen LogP contribution in [-0.4, -0.2) is 18.1 Å². The van der Waals surface area contributed by atoms with Crippen LogP contribution in [-0.2, 0) is 11.2 Å². The van der Waals surface area contributed by atoms with Crippen molar-refractivity contribution in [1.82, 2.24) is 5.32 Å². The van der Waals surface area contributed by atoms with Gasteiger partial charge in [-0.3, -0.25) is 4.79 Å². The number of hydrogen-bond acceptors (Lipinski definition) is 2. The Morgan fingerprint density at radius 3 is 2.60 bits per heavy atom. The number of carbonyl (C=O) groups excluding carboxylic acids is 1. The molecule has 0 saturated carbocycles. The number of benzene rings is 1. The molecule has 0 heterocycles. The molecule has 0 aliphatic heterocycles. The summed E-state index contributed by atoms with van der Waals surface area (Å²) in [5.74, 6) is 0.166. The van der Waals surface area contributed by atoms with Crippen LogP contribution in [0.25, 0.3) is 0 Å². The number of rotatable bonds is 4. The van der Waals surface area contributed by atoms with Crippen LogP contribution in [0.3, 0.4) is 0 Å². The minimum atomic E-state index is 0.166. The average Bonchev–Trinajstić information content (AvgIpc) is 2.20. The van der Waals surface area contributed by atoms with Crippen molar-refractivity contribution in [3.05, 3.63) is 25.0 Å². The maximum atomic E-state index is 10.1. The van der Waals surface area contributed by atoms with Gasteiger partial charge in [0.05, 0.1) is 8.95 Å². The zero-order valence-electron chi connectivity index (χ0n) is 7.56. The molecule has 1 aromatic carbocycles. The van der Waals surface area contributed by atoms with Crippen LogP contribution in [0.4, 0.5) is 0 Å². The Balaban J connectivity index is 2.96. The smallest absolute Gasteiger partial charge is 0.207 e. The number of phenolic OH excluding ortho intramolecular Hbond substituents is 1. The first-order chi connectivity index (χ1) is 7.07. The highest BCUT2D eigenvalue weighted by molar-refractivity contribution is 9.11. The van der Waals surface area contributed by atoms with Gasteiger partial charge in [0.25, 0.3) is 0 Å². The van der Waals surface area contributed by atoms with E-state index in [1.54, 1.807) is 6.07 Å². The predicted octanol–water partition coefficient (Wildman–Crippen LogP) is 2.97. The van der Waals surface area contributed by atoms with Crippen molar-refractivity contribution in [3.8, 4) is 5.75 Å². The van der Waals surface area contributed by atoms with E-state index in [0.29, 0.717) is 28.3 Å². The van der Waals surface area contributed by atoms with Gasteiger partial charge in [0.1, 0.15) is 5.75 Å². The summed E-state index contributed by atoms with van der Waals surface area (Å²) in [6, 6.07) is 1.77. The summed E-state index contributed by atoms with van der Waals surface area (Å²) in [4.78, 5) is 10.1. The molecule has 0 bridgehead atoms. The van der Waals surface area contributed by atoms with Crippen molar-refractivity contribution in [3.63, 3.8) is 0 Å². The number of phenols is 1. The highest BCUT2D eigenvalue weighted by Crippen LogP contribution is 2.39. The maximum absolute atomic E-state index is 10.1. The van der Waals surface area contributed by atoms with Crippen LogP contribution >= 0.6 is 47.8 Å². The molecule has 82 valence electrons. The summed E-state index contributed by atoms with van der Waals surface area (Å²) >= 11 is 9.94. The standard InChI is InChI=1S/C9H8Br3NO2/c10-6-3-7(11)9(15)8(12)5(6)1-2-13-4-14/h3-4,15H,1-2H2,(H,13,14). The average molecular weight is 402 g/mol. The topological polar surface area (TPSA) is 49.3 Å². The normalized spacial score (nSPS) is 10.1. The van der Waals surface area contributed by atoms with Crippen molar-refractivity contribution in [2.24, 2.45) is 0 Å². The molecular weight excluding hydrogens is 394 g/mol. The lowest BCUT2D eigenvalue weighted by molar-refractivity contribution is -0.109. The molecule has 0 aromatic heterocycles. The summed E-state index contributed by atoms with van der Waals surface area (Å²) in [5.41, 5.74) is 0.921. The first-order valence-corrected chi connectivity index (χ1v) is 6.48. The first-order valence-electron chi connectivity index (χ1n) is 4.10. The summed E-state index contributed by atoms with van der Waals surface area (Å²) in [7, 11) is 0. The SMILES string of the molecule is O=CNCCc1c(Br)cc(Br)c(O)c1Br. The number of nitrogens with one attached hydrogen (secondary N) is 1. The van der Waals surface area contributed by atoms with E-state index < -0.39 is 0 Å². The Morgan fingerprint density at radius 1 is 1.33 bits per heavy atom. The minimum Gasteiger partial charge on any atom is -0.506 e. The molecule has 0 atom stereocenters. The second kappa shape index (κ2) is 5.86. The number of halogens is 3. The molecule has 15 heavy (non-hydrogen) atoms. The molecule has 0 radical (unpaired) electrons.